The molecule has 7 heteroatoms. The molecule has 0 bridgehead atoms. The minimum Gasteiger partial charge on any atom is -0.507 e. The summed E-state index contributed by atoms with van der Waals surface area (Å²) in [4.78, 5) is 24.7. The van der Waals surface area contributed by atoms with Gasteiger partial charge in [-0.3, -0.25) is 4.79 Å². The van der Waals surface area contributed by atoms with E-state index in [9.17, 15) is 14.7 Å². The number of carbonyl (C=O) groups is 2. The summed E-state index contributed by atoms with van der Waals surface area (Å²) in [7, 11) is 2.89. The number of rotatable bonds is 5. The van der Waals surface area contributed by atoms with Gasteiger partial charge in [0.2, 0.25) is 0 Å². The van der Waals surface area contributed by atoms with Gasteiger partial charge in [-0.05, 0) is 24.3 Å². The normalized spacial score (nSPS) is 15.5. The summed E-state index contributed by atoms with van der Waals surface area (Å²) in [5, 5.41) is 10.2. The fourth-order valence-electron chi connectivity index (χ4n) is 2.83. The average Bonchev–Trinajstić information content (AvgIpc) is 2.91. The fourth-order valence-corrected chi connectivity index (χ4v) is 3.01. The van der Waals surface area contributed by atoms with E-state index in [2.05, 4.69) is 0 Å². The van der Waals surface area contributed by atoms with Crippen LogP contribution in [0, 0.1) is 0 Å². The number of esters is 1. The highest BCUT2D eigenvalue weighted by Gasteiger charge is 2.37. The van der Waals surface area contributed by atoms with Crippen molar-refractivity contribution >= 4 is 23.4 Å². The van der Waals surface area contributed by atoms with Crippen molar-refractivity contribution in [3.05, 3.63) is 52.0 Å². The number of benzene rings is 2. The summed E-state index contributed by atoms with van der Waals surface area (Å²) in [5.41, 5.74) is 0.866. The van der Waals surface area contributed by atoms with Gasteiger partial charge in [0, 0.05) is 10.6 Å². The zero-order chi connectivity index (χ0) is 18.1. The predicted octanol–water partition coefficient (Wildman–Crippen LogP) is 3.55. The number of aromatic hydroxyl groups is 1. The molecule has 0 saturated heterocycles. The van der Waals surface area contributed by atoms with E-state index in [1.807, 2.05) is 0 Å². The molecule has 1 aliphatic heterocycles. The highest BCUT2D eigenvalue weighted by atomic mass is 35.5. The van der Waals surface area contributed by atoms with Crippen LogP contribution in [-0.2, 0) is 4.74 Å². The van der Waals surface area contributed by atoms with Gasteiger partial charge in [0.15, 0.2) is 17.3 Å². The molecule has 2 aromatic rings. The molecule has 1 atom stereocenters. The van der Waals surface area contributed by atoms with Gasteiger partial charge >= 0.3 is 5.97 Å². The monoisotopic (exact) mass is 362 g/mol. The number of phenolic OH excluding ortho intramolecular Hbond substituents is 1. The van der Waals surface area contributed by atoms with Crippen molar-refractivity contribution in [1.82, 2.24) is 0 Å². The van der Waals surface area contributed by atoms with Crippen molar-refractivity contribution in [2.45, 2.75) is 12.5 Å². The first-order valence-corrected chi connectivity index (χ1v) is 7.81. The second-order valence-corrected chi connectivity index (χ2v) is 5.88. The lowest BCUT2D eigenvalue weighted by Gasteiger charge is -2.12. The summed E-state index contributed by atoms with van der Waals surface area (Å²) in [6.45, 7) is 0. The van der Waals surface area contributed by atoms with Gasteiger partial charge in [-0.15, -0.1) is 0 Å². The van der Waals surface area contributed by atoms with Gasteiger partial charge in [0.1, 0.15) is 17.4 Å². The summed E-state index contributed by atoms with van der Waals surface area (Å²) in [5.74, 6) is -0.478. The molecule has 0 radical (unpaired) electrons. The lowest BCUT2D eigenvalue weighted by molar-refractivity contribution is 0.0365. The summed E-state index contributed by atoms with van der Waals surface area (Å²) in [6, 6.07) is 7.52. The molecule has 6 nitrogen and oxygen atoms in total. The van der Waals surface area contributed by atoms with Gasteiger partial charge in [-0.1, -0.05) is 17.7 Å². The maximum absolute atomic E-state index is 12.5. The third-order valence-corrected chi connectivity index (χ3v) is 4.24. The molecule has 1 aliphatic rings. The number of cyclic esters (lactones) is 1. The average molecular weight is 363 g/mol. The number of methoxy groups -OCH3 is 2. The van der Waals surface area contributed by atoms with Crippen molar-refractivity contribution in [2.24, 2.45) is 0 Å². The van der Waals surface area contributed by atoms with Crippen LogP contribution in [0.15, 0.2) is 30.3 Å². The first-order chi connectivity index (χ1) is 12.0. The standard InChI is InChI=1S/C18H15ClO6/c1-23-14-6-4-10-15(25-18(22)16(10)17(14)24-2)8-13(21)11-7-9(19)3-5-12(11)20/h3-7,15,20H,8H2,1-2H3/t15-/m0/s1. The second kappa shape index (κ2) is 6.64. The number of ketones is 1. The quantitative estimate of drug-likeness (QED) is 0.647. The molecule has 2 aromatic carbocycles. The van der Waals surface area contributed by atoms with Crippen molar-refractivity contribution in [3.8, 4) is 17.2 Å². The van der Waals surface area contributed by atoms with Gasteiger partial charge in [-0.25, -0.2) is 4.79 Å². The van der Waals surface area contributed by atoms with Crippen LogP contribution in [-0.4, -0.2) is 31.1 Å². The number of phenols is 1. The number of halogens is 1. The maximum Gasteiger partial charge on any atom is 0.343 e. The number of fused-ring (bicyclic) bond motifs is 1. The zero-order valence-electron chi connectivity index (χ0n) is 13.5. The van der Waals surface area contributed by atoms with Crippen molar-refractivity contribution in [3.63, 3.8) is 0 Å². The Morgan fingerprint density at radius 3 is 2.68 bits per heavy atom. The highest BCUT2D eigenvalue weighted by Crippen LogP contribution is 2.43. The van der Waals surface area contributed by atoms with Gasteiger partial charge in [-0.2, -0.15) is 0 Å². The summed E-state index contributed by atoms with van der Waals surface area (Å²) in [6.07, 6.45) is -0.893. The second-order valence-electron chi connectivity index (χ2n) is 5.45. The minimum absolute atomic E-state index is 0.0810. The molecule has 0 spiro atoms. The molecule has 0 aliphatic carbocycles. The van der Waals surface area contributed by atoms with E-state index < -0.39 is 12.1 Å². The van der Waals surface area contributed by atoms with Crippen LogP contribution in [0.4, 0.5) is 0 Å². The largest absolute Gasteiger partial charge is 0.507 e. The van der Waals surface area contributed by atoms with Crippen LogP contribution >= 0.6 is 11.6 Å². The Hall–Kier alpha value is -2.73. The maximum atomic E-state index is 12.5. The Bertz CT molecular complexity index is 861. The number of hydrogen-bond acceptors (Lipinski definition) is 6. The number of hydrogen-bond donors (Lipinski definition) is 1. The molecule has 1 heterocycles. The smallest absolute Gasteiger partial charge is 0.343 e. The van der Waals surface area contributed by atoms with Crippen molar-refractivity contribution in [2.75, 3.05) is 14.2 Å². The van der Waals surface area contributed by atoms with Gasteiger partial charge in [0.05, 0.1) is 26.2 Å². The van der Waals surface area contributed by atoms with E-state index in [1.165, 1.54) is 32.4 Å². The lowest BCUT2D eigenvalue weighted by atomic mass is 9.97. The van der Waals surface area contributed by atoms with E-state index in [1.54, 1.807) is 12.1 Å². The first-order valence-electron chi connectivity index (χ1n) is 7.43. The first kappa shape index (κ1) is 17.1. The lowest BCUT2D eigenvalue weighted by Crippen LogP contribution is -2.08. The molecule has 3 rings (SSSR count). The summed E-state index contributed by atoms with van der Waals surface area (Å²) < 4.78 is 15.8. The Balaban J connectivity index is 1.93. The zero-order valence-corrected chi connectivity index (χ0v) is 14.3. The van der Waals surface area contributed by atoms with Crippen LogP contribution in [0.3, 0.4) is 0 Å². The molecular weight excluding hydrogens is 348 g/mol. The third-order valence-electron chi connectivity index (χ3n) is 4.01. The van der Waals surface area contributed by atoms with Gasteiger partial charge in [0.25, 0.3) is 0 Å². The van der Waals surface area contributed by atoms with Crippen molar-refractivity contribution in [1.29, 1.82) is 0 Å². The van der Waals surface area contributed by atoms with E-state index in [-0.39, 0.29) is 34.8 Å². The molecule has 130 valence electrons. The van der Waals surface area contributed by atoms with Crippen LogP contribution in [0.5, 0.6) is 17.2 Å². The molecular formula is C18H15ClO6. The van der Waals surface area contributed by atoms with E-state index >= 15 is 0 Å². The fraction of sp³-hybridized carbons (Fsp3) is 0.222. The van der Waals surface area contributed by atoms with Crippen LogP contribution in [0.25, 0.3) is 0 Å². The molecule has 0 saturated carbocycles. The minimum atomic E-state index is -0.770. The molecule has 1 N–H and O–H groups in total. The Morgan fingerprint density at radius 2 is 2.00 bits per heavy atom. The SMILES string of the molecule is COc1ccc2c(c1OC)C(=O)O[C@H]2CC(=O)c1cc(Cl)ccc1O. The Labute approximate surface area is 148 Å². The van der Waals surface area contributed by atoms with Crippen LogP contribution in [0.1, 0.15) is 38.8 Å². The van der Waals surface area contributed by atoms with Crippen LogP contribution in [0.2, 0.25) is 5.02 Å². The number of ether oxygens (including phenoxy) is 3. The molecule has 0 aromatic heterocycles. The molecule has 0 amide bonds. The topological polar surface area (TPSA) is 82.1 Å². The van der Waals surface area contributed by atoms with E-state index in [0.717, 1.165) is 0 Å². The highest BCUT2D eigenvalue weighted by molar-refractivity contribution is 6.31. The van der Waals surface area contributed by atoms with Crippen molar-refractivity contribution < 1.29 is 28.9 Å². The van der Waals surface area contributed by atoms with Gasteiger partial charge < -0.3 is 19.3 Å². The molecule has 0 unspecified atom stereocenters. The Kier molecular flexibility index (Phi) is 4.55. The number of Topliss-reactive ketones (excluding diaryl/α,β-unsaturated/α-hetero) is 1. The van der Waals surface area contributed by atoms with E-state index in [0.29, 0.717) is 16.3 Å². The predicted molar refractivity (Wildman–Crippen MR) is 89.8 cm³/mol. The summed E-state index contributed by atoms with van der Waals surface area (Å²) >= 11 is 5.88. The Morgan fingerprint density at radius 1 is 1.24 bits per heavy atom. The van der Waals surface area contributed by atoms with E-state index in [4.69, 9.17) is 25.8 Å². The number of carbonyl (C=O) groups excluding carboxylic acids is 2. The third kappa shape index (κ3) is 3.00. The molecule has 25 heavy (non-hydrogen) atoms. The molecule has 0 fully saturated rings. The van der Waals surface area contributed by atoms with Crippen LogP contribution < -0.4 is 9.47 Å².